The first-order valence-electron chi connectivity index (χ1n) is 6.79. The fraction of sp³-hybridized carbons (Fsp3) is 0.429. The molecule has 0 aliphatic carbocycles. The van der Waals surface area contributed by atoms with Crippen molar-refractivity contribution in [3.05, 3.63) is 37.7 Å². The summed E-state index contributed by atoms with van der Waals surface area (Å²) in [7, 11) is 0. The summed E-state index contributed by atoms with van der Waals surface area (Å²) in [4.78, 5) is 14.4. The van der Waals surface area contributed by atoms with Crippen molar-refractivity contribution in [3.63, 3.8) is 0 Å². The van der Waals surface area contributed by atoms with E-state index in [0.29, 0.717) is 16.6 Å². The van der Waals surface area contributed by atoms with Crippen LogP contribution in [0.1, 0.15) is 34.8 Å². The van der Waals surface area contributed by atoms with Crippen LogP contribution in [-0.4, -0.2) is 33.7 Å². The number of carbonyl (C=O) groups is 1. The summed E-state index contributed by atoms with van der Waals surface area (Å²) in [5.74, 6) is 0.0250. The lowest BCUT2D eigenvalue weighted by atomic mass is 10.0. The van der Waals surface area contributed by atoms with Crippen molar-refractivity contribution in [1.82, 2.24) is 14.7 Å². The molecule has 0 radical (unpaired) electrons. The monoisotopic (exact) mass is 387 g/mol. The molecule has 0 atom stereocenters. The van der Waals surface area contributed by atoms with E-state index in [9.17, 15) is 4.79 Å². The van der Waals surface area contributed by atoms with E-state index in [-0.39, 0.29) is 5.91 Å². The highest BCUT2D eigenvalue weighted by Crippen LogP contribution is 2.34. The lowest BCUT2D eigenvalue weighted by Gasteiger charge is -2.32. The lowest BCUT2D eigenvalue weighted by molar-refractivity contribution is 0.0690. The molecule has 0 aromatic carbocycles. The second-order valence-corrected chi connectivity index (χ2v) is 7.83. The molecule has 3 heterocycles. The molecule has 1 aliphatic rings. The summed E-state index contributed by atoms with van der Waals surface area (Å²) in [6.07, 6.45) is 5.79. The molecule has 0 N–H and O–H groups in total. The Balaban J connectivity index is 1.65. The largest absolute Gasteiger partial charge is 0.338 e. The third-order valence-electron chi connectivity index (χ3n) is 3.78. The molecule has 2 aromatic rings. The van der Waals surface area contributed by atoms with Gasteiger partial charge in [0.1, 0.15) is 0 Å². The van der Waals surface area contributed by atoms with Crippen LogP contribution in [-0.2, 0) is 0 Å². The van der Waals surface area contributed by atoms with Gasteiger partial charge in [-0.3, -0.25) is 9.48 Å². The first-order chi connectivity index (χ1) is 10.1. The van der Waals surface area contributed by atoms with E-state index < -0.39 is 0 Å². The zero-order valence-electron chi connectivity index (χ0n) is 11.6. The molecule has 4 nitrogen and oxygen atoms in total. The number of rotatable bonds is 2. The van der Waals surface area contributed by atoms with Gasteiger partial charge in [-0.1, -0.05) is 11.6 Å². The topological polar surface area (TPSA) is 38.1 Å². The molecule has 0 saturated carbocycles. The van der Waals surface area contributed by atoms with E-state index in [2.05, 4.69) is 27.2 Å². The fourth-order valence-corrected chi connectivity index (χ4v) is 4.08. The SMILES string of the molecule is Cc1cnn(C2CCN(C(=O)c3csc(Br)c3Cl)CC2)c1. The third kappa shape index (κ3) is 3.03. The number of hydrogen-bond acceptors (Lipinski definition) is 3. The number of likely N-dealkylation sites (tertiary alicyclic amines) is 1. The molecule has 1 aliphatic heterocycles. The molecule has 2 aromatic heterocycles. The Hall–Kier alpha value is -0.850. The van der Waals surface area contributed by atoms with Gasteiger partial charge in [-0.2, -0.15) is 5.10 Å². The number of hydrogen-bond donors (Lipinski definition) is 0. The number of carbonyl (C=O) groups excluding carboxylic acids is 1. The summed E-state index contributed by atoms with van der Waals surface area (Å²) in [6.45, 7) is 3.52. The van der Waals surface area contributed by atoms with Gasteiger partial charge >= 0.3 is 0 Å². The van der Waals surface area contributed by atoms with Crippen LogP contribution in [0.5, 0.6) is 0 Å². The van der Waals surface area contributed by atoms with Crippen LogP contribution in [0.2, 0.25) is 5.02 Å². The first-order valence-corrected chi connectivity index (χ1v) is 8.84. The van der Waals surface area contributed by atoms with E-state index in [1.54, 1.807) is 0 Å². The number of halogens is 2. The van der Waals surface area contributed by atoms with Crippen LogP contribution >= 0.6 is 38.9 Å². The van der Waals surface area contributed by atoms with Crippen molar-refractivity contribution < 1.29 is 4.79 Å². The molecule has 1 saturated heterocycles. The van der Waals surface area contributed by atoms with Gasteiger partial charge in [-0.25, -0.2) is 0 Å². The zero-order valence-corrected chi connectivity index (χ0v) is 14.7. The molecule has 0 bridgehead atoms. The quantitative estimate of drug-likeness (QED) is 0.775. The number of thiophene rings is 1. The van der Waals surface area contributed by atoms with Gasteiger partial charge in [-0.15, -0.1) is 11.3 Å². The van der Waals surface area contributed by atoms with Crippen LogP contribution < -0.4 is 0 Å². The average molecular weight is 389 g/mol. The van der Waals surface area contributed by atoms with Crippen LogP contribution in [0.4, 0.5) is 0 Å². The minimum atomic E-state index is 0.0250. The second kappa shape index (κ2) is 6.10. The summed E-state index contributed by atoms with van der Waals surface area (Å²) in [5, 5.41) is 6.71. The molecule has 0 unspecified atom stereocenters. The number of aromatic nitrogens is 2. The minimum Gasteiger partial charge on any atom is -0.338 e. The van der Waals surface area contributed by atoms with E-state index in [1.807, 2.05) is 28.1 Å². The molecule has 7 heteroatoms. The Morgan fingerprint density at radius 2 is 2.19 bits per heavy atom. The Morgan fingerprint density at radius 1 is 1.48 bits per heavy atom. The average Bonchev–Trinajstić information content (AvgIpc) is 3.06. The molecular weight excluding hydrogens is 374 g/mol. The Morgan fingerprint density at radius 3 is 2.71 bits per heavy atom. The highest BCUT2D eigenvalue weighted by atomic mass is 79.9. The predicted molar refractivity (Wildman–Crippen MR) is 88.2 cm³/mol. The third-order valence-corrected chi connectivity index (χ3v) is 6.23. The molecular formula is C14H15BrClN3OS. The van der Waals surface area contributed by atoms with E-state index in [1.165, 1.54) is 16.9 Å². The van der Waals surface area contributed by atoms with Gasteiger partial charge in [0.05, 0.1) is 26.6 Å². The summed E-state index contributed by atoms with van der Waals surface area (Å²) in [6, 6.07) is 0.382. The van der Waals surface area contributed by atoms with E-state index in [4.69, 9.17) is 11.6 Å². The summed E-state index contributed by atoms with van der Waals surface area (Å²) in [5.41, 5.74) is 1.77. The van der Waals surface area contributed by atoms with E-state index in [0.717, 1.165) is 29.7 Å². The maximum absolute atomic E-state index is 12.5. The highest BCUT2D eigenvalue weighted by molar-refractivity contribution is 9.11. The number of aryl methyl sites for hydroxylation is 1. The van der Waals surface area contributed by atoms with Crippen molar-refractivity contribution in [2.24, 2.45) is 0 Å². The van der Waals surface area contributed by atoms with Crippen molar-refractivity contribution in [3.8, 4) is 0 Å². The van der Waals surface area contributed by atoms with Crippen LogP contribution in [0.25, 0.3) is 0 Å². The molecule has 0 spiro atoms. The van der Waals surface area contributed by atoms with Gasteiger partial charge < -0.3 is 4.90 Å². The van der Waals surface area contributed by atoms with Gasteiger partial charge in [0.15, 0.2) is 0 Å². The predicted octanol–water partition coefficient (Wildman–Crippen LogP) is 4.15. The van der Waals surface area contributed by atoms with Crippen LogP contribution in [0.15, 0.2) is 21.6 Å². The minimum absolute atomic E-state index is 0.0250. The molecule has 112 valence electrons. The van der Waals surface area contributed by atoms with Crippen molar-refractivity contribution >= 4 is 44.8 Å². The summed E-state index contributed by atoms with van der Waals surface area (Å²) >= 11 is 11.0. The Kier molecular flexibility index (Phi) is 4.38. The molecule has 3 rings (SSSR count). The van der Waals surface area contributed by atoms with Crippen LogP contribution in [0, 0.1) is 6.92 Å². The molecule has 1 amide bonds. The standard InChI is InChI=1S/C14H15BrClN3OS/c1-9-6-17-19(7-9)10-2-4-18(5-3-10)14(20)11-8-21-13(15)12(11)16/h6-8,10H,2-5H2,1H3. The Labute approximate surface area is 140 Å². The number of amides is 1. The maximum Gasteiger partial charge on any atom is 0.256 e. The zero-order chi connectivity index (χ0) is 15.0. The number of nitrogens with zero attached hydrogens (tertiary/aromatic N) is 3. The van der Waals surface area contributed by atoms with Gasteiger partial charge in [0.25, 0.3) is 5.91 Å². The maximum atomic E-state index is 12.5. The van der Waals surface area contributed by atoms with Gasteiger partial charge in [0, 0.05) is 24.7 Å². The van der Waals surface area contributed by atoms with E-state index >= 15 is 0 Å². The van der Waals surface area contributed by atoms with Crippen LogP contribution in [0.3, 0.4) is 0 Å². The fourth-order valence-electron chi connectivity index (χ4n) is 2.60. The number of piperidine rings is 1. The highest BCUT2D eigenvalue weighted by Gasteiger charge is 2.27. The Bertz CT molecular complexity index is 661. The second-order valence-electron chi connectivity index (χ2n) is 5.26. The summed E-state index contributed by atoms with van der Waals surface area (Å²) < 4.78 is 2.83. The van der Waals surface area contributed by atoms with Crippen molar-refractivity contribution in [2.45, 2.75) is 25.8 Å². The normalized spacial score (nSPS) is 16.4. The first kappa shape index (κ1) is 15.1. The van der Waals surface area contributed by atoms with Gasteiger partial charge in [-0.05, 0) is 41.3 Å². The van der Waals surface area contributed by atoms with Crippen molar-refractivity contribution in [2.75, 3.05) is 13.1 Å². The van der Waals surface area contributed by atoms with Gasteiger partial charge in [0.2, 0.25) is 0 Å². The smallest absolute Gasteiger partial charge is 0.256 e. The molecule has 21 heavy (non-hydrogen) atoms. The molecule has 1 fully saturated rings. The van der Waals surface area contributed by atoms with Crippen molar-refractivity contribution in [1.29, 1.82) is 0 Å². The lowest BCUT2D eigenvalue weighted by Crippen LogP contribution is -2.39.